The van der Waals surface area contributed by atoms with Gasteiger partial charge in [-0.05, 0) is 56.2 Å². The van der Waals surface area contributed by atoms with E-state index in [-0.39, 0.29) is 0 Å². The van der Waals surface area contributed by atoms with Gasteiger partial charge in [0.2, 0.25) is 0 Å². The standard InChI is InChI=1S/C28H22N4/c1-17-15-18(2)23(19(3)16-17)25-26(20-9-5-4-6-10-20)32-27-21(11-8-14-30-27)24-22(28(32)31-25)12-7-13-29-24/h4-16H,1-3H3. The van der Waals surface area contributed by atoms with Crippen LogP contribution in [0, 0.1) is 20.8 Å². The summed E-state index contributed by atoms with van der Waals surface area (Å²) >= 11 is 0. The topological polar surface area (TPSA) is 43.1 Å². The van der Waals surface area contributed by atoms with Crippen molar-refractivity contribution in [2.75, 3.05) is 0 Å². The minimum Gasteiger partial charge on any atom is -0.275 e. The molecule has 0 unspecified atom stereocenters. The van der Waals surface area contributed by atoms with Crippen LogP contribution in [-0.4, -0.2) is 19.4 Å². The molecule has 2 aromatic carbocycles. The molecule has 4 heterocycles. The van der Waals surface area contributed by atoms with Crippen molar-refractivity contribution >= 4 is 27.6 Å². The maximum Gasteiger partial charge on any atom is 0.149 e. The summed E-state index contributed by atoms with van der Waals surface area (Å²) in [6.45, 7) is 6.48. The highest BCUT2D eigenvalue weighted by Crippen LogP contribution is 2.40. The molecule has 6 rings (SSSR count). The van der Waals surface area contributed by atoms with Gasteiger partial charge in [0.1, 0.15) is 11.3 Å². The summed E-state index contributed by atoms with van der Waals surface area (Å²) in [4.78, 5) is 14.8. The Morgan fingerprint density at radius 3 is 2.06 bits per heavy atom. The van der Waals surface area contributed by atoms with Crippen molar-refractivity contribution in [1.29, 1.82) is 0 Å². The summed E-state index contributed by atoms with van der Waals surface area (Å²) in [5.74, 6) is 0. The number of fused-ring (bicyclic) bond motifs is 6. The van der Waals surface area contributed by atoms with E-state index in [2.05, 4.69) is 73.7 Å². The zero-order valence-electron chi connectivity index (χ0n) is 18.3. The molecule has 0 saturated heterocycles. The maximum atomic E-state index is 5.27. The van der Waals surface area contributed by atoms with Crippen LogP contribution < -0.4 is 0 Å². The molecular formula is C28H22N4. The van der Waals surface area contributed by atoms with Crippen LogP contribution in [0.2, 0.25) is 0 Å². The van der Waals surface area contributed by atoms with Crippen LogP contribution in [0.4, 0.5) is 0 Å². The Morgan fingerprint density at radius 1 is 0.688 bits per heavy atom. The molecule has 6 aromatic rings. The number of nitrogens with zero attached hydrogens (tertiary/aromatic N) is 4. The van der Waals surface area contributed by atoms with Gasteiger partial charge in [-0.2, -0.15) is 0 Å². The van der Waals surface area contributed by atoms with Crippen molar-refractivity contribution < 1.29 is 0 Å². The van der Waals surface area contributed by atoms with Crippen LogP contribution in [0.3, 0.4) is 0 Å². The second kappa shape index (κ2) is 6.99. The van der Waals surface area contributed by atoms with Gasteiger partial charge in [0, 0.05) is 34.3 Å². The number of aryl methyl sites for hydroxylation is 3. The lowest BCUT2D eigenvalue weighted by atomic mass is 9.95. The molecule has 4 heteroatoms. The maximum absolute atomic E-state index is 5.27. The Morgan fingerprint density at radius 2 is 1.34 bits per heavy atom. The molecule has 0 aliphatic rings. The van der Waals surface area contributed by atoms with Gasteiger partial charge in [-0.25, -0.2) is 9.97 Å². The molecule has 4 nitrogen and oxygen atoms in total. The first-order valence-electron chi connectivity index (χ1n) is 10.8. The third-order valence-electron chi connectivity index (χ3n) is 6.14. The normalized spacial score (nSPS) is 11.6. The van der Waals surface area contributed by atoms with E-state index in [1.54, 1.807) is 0 Å². The Kier molecular flexibility index (Phi) is 4.08. The largest absolute Gasteiger partial charge is 0.275 e. The number of imidazole rings is 1. The minimum absolute atomic E-state index is 0.869. The van der Waals surface area contributed by atoms with E-state index in [1.165, 1.54) is 22.3 Å². The van der Waals surface area contributed by atoms with Gasteiger partial charge in [0.05, 0.1) is 16.9 Å². The molecule has 0 aliphatic heterocycles. The van der Waals surface area contributed by atoms with Crippen LogP contribution in [-0.2, 0) is 0 Å². The predicted molar refractivity (Wildman–Crippen MR) is 131 cm³/mol. The fraction of sp³-hybridized carbons (Fsp3) is 0.107. The lowest BCUT2D eigenvalue weighted by molar-refractivity contribution is 1.20. The van der Waals surface area contributed by atoms with E-state index in [0.717, 1.165) is 44.5 Å². The fourth-order valence-corrected chi connectivity index (χ4v) is 4.96. The molecule has 0 saturated carbocycles. The van der Waals surface area contributed by atoms with Gasteiger partial charge < -0.3 is 0 Å². The Labute approximate surface area is 186 Å². The lowest BCUT2D eigenvalue weighted by Gasteiger charge is -2.13. The molecule has 154 valence electrons. The first kappa shape index (κ1) is 18.7. The van der Waals surface area contributed by atoms with Gasteiger partial charge in [-0.3, -0.25) is 9.38 Å². The number of rotatable bonds is 2. The number of benzene rings is 2. The fourth-order valence-electron chi connectivity index (χ4n) is 4.96. The average molecular weight is 415 g/mol. The van der Waals surface area contributed by atoms with Crippen molar-refractivity contribution in [1.82, 2.24) is 19.4 Å². The van der Waals surface area contributed by atoms with Crippen molar-refractivity contribution in [3.05, 3.63) is 95.8 Å². The third kappa shape index (κ3) is 2.66. The summed E-state index contributed by atoms with van der Waals surface area (Å²) in [5, 5.41) is 2.05. The molecule has 4 aromatic heterocycles. The van der Waals surface area contributed by atoms with E-state index in [0.29, 0.717) is 0 Å². The summed E-state index contributed by atoms with van der Waals surface area (Å²) in [6, 6.07) is 23.1. The summed E-state index contributed by atoms with van der Waals surface area (Å²) < 4.78 is 2.21. The van der Waals surface area contributed by atoms with Crippen molar-refractivity contribution in [2.24, 2.45) is 0 Å². The van der Waals surface area contributed by atoms with Crippen LogP contribution in [0.15, 0.2) is 79.1 Å². The van der Waals surface area contributed by atoms with Crippen LogP contribution in [0.1, 0.15) is 16.7 Å². The van der Waals surface area contributed by atoms with Crippen molar-refractivity contribution in [3.63, 3.8) is 0 Å². The van der Waals surface area contributed by atoms with E-state index >= 15 is 0 Å². The predicted octanol–water partition coefficient (Wildman–Crippen LogP) is 6.69. The average Bonchev–Trinajstić information content (AvgIpc) is 3.20. The monoisotopic (exact) mass is 414 g/mol. The van der Waals surface area contributed by atoms with Crippen LogP contribution in [0.25, 0.3) is 50.1 Å². The molecular weight excluding hydrogens is 392 g/mol. The number of pyridine rings is 3. The van der Waals surface area contributed by atoms with E-state index in [1.807, 2.05) is 30.6 Å². The Balaban J connectivity index is 1.89. The first-order chi connectivity index (χ1) is 15.6. The zero-order chi connectivity index (χ0) is 21.8. The molecule has 0 N–H and O–H groups in total. The van der Waals surface area contributed by atoms with Crippen molar-refractivity contribution in [2.45, 2.75) is 20.8 Å². The molecule has 0 bridgehead atoms. The number of hydrogen-bond acceptors (Lipinski definition) is 3. The minimum atomic E-state index is 0.869. The highest BCUT2D eigenvalue weighted by Gasteiger charge is 2.23. The van der Waals surface area contributed by atoms with Gasteiger partial charge in [0.15, 0.2) is 0 Å². The number of hydrogen-bond donors (Lipinski definition) is 0. The first-order valence-corrected chi connectivity index (χ1v) is 10.8. The summed E-state index contributed by atoms with van der Waals surface area (Å²) in [5.41, 5.74) is 10.7. The smallest absolute Gasteiger partial charge is 0.149 e. The second-order valence-electron chi connectivity index (χ2n) is 8.38. The SMILES string of the molecule is Cc1cc(C)c(-c2nc3c4cccnc4c4cccnc4n3c2-c2ccccc2)c(C)c1. The van der Waals surface area contributed by atoms with Crippen molar-refractivity contribution in [3.8, 4) is 22.5 Å². The second-order valence-corrected chi connectivity index (χ2v) is 8.38. The summed E-state index contributed by atoms with van der Waals surface area (Å²) in [7, 11) is 0. The van der Waals surface area contributed by atoms with Gasteiger partial charge in [-0.15, -0.1) is 0 Å². The highest BCUT2D eigenvalue weighted by molar-refractivity contribution is 6.10. The molecule has 32 heavy (non-hydrogen) atoms. The van der Waals surface area contributed by atoms with Crippen LogP contribution >= 0.6 is 0 Å². The van der Waals surface area contributed by atoms with E-state index in [4.69, 9.17) is 15.0 Å². The molecule has 0 aliphatic carbocycles. The molecule has 0 radical (unpaired) electrons. The number of aromatic nitrogens is 4. The molecule has 0 spiro atoms. The molecule has 0 amide bonds. The van der Waals surface area contributed by atoms with Gasteiger partial charge in [-0.1, -0.05) is 48.0 Å². The Bertz CT molecular complexity index is 1620. The lowest BCUT2D eigenvalue weighted by Crippen LogP contribution is -1.97. The van der Waals surface area contributed by atoms with Gasteiger partial charge >= 0.3 is 0 Å². The zero-order valence-corrected chi connectivity index (χ0v) is 18.3. The Hall–Kier alpha value is -4.05. The molecule has 0 atom stereocenters. The third-order valence-corrected chi connectivity index (χ3v) is 6.14. The van der Waals surface area contributed by atoms with E-state index in [9.17, 15) is 0 Å². The van der Waals surface area contributed by atoms with Crippen LogP contribution in [0.5, 0.6) is 0 Å². The van der Waals surface area contributed by atoms with E-state index < -0.39 is 0 Å². The highest BCUT2D eigenvalue weighted by atomic mass is 15.1. The van der Waals surface area contributed by atoms with Gasteiger partial charge in [0.25, 0.3) is 0 Å². The quantitative estimate of drug-likeness (QED) is 0.296. The molecule has 0 fully saturated rings. The summed E-state index contributed by atoms with van der Waals surface area (Å²) in [6.07, 6.45) is 3.68.